The standard InChI is InChI=1S/C21H32N2O2/c1-3-18(4-2)21(24)23-11-10-19-16-25-13-12-22(20(19)15-23)14-17-8-6-5-7-9-17/h5-9,18-20H,3-4,10-16H2,1-2H3/t19-,20-/m1/s1. The first-order valence-corrected chi connectivity index (χ1v) is 9.87. The number of carbonyl (C=O) groups is 1. The van der Waals surface area contributed by atoms with Gasteiger partial charge in [-0.25, -0.2) is 0 Å². The second kappa shape index (κ2) is 8.81. The lowest BCUT2D eigenvalue weighted by Gasteiger charge is -2.43. The van der Waals surface area contributed by atoms with Crippen LogP contribution in [0.5, 0.6) is 0 Å². The van der Waals surface area contributed by atoms with Crippen LogP contribution in [0.4, 0.5) is 0 Å². The Hall–Kier alpha value is -1.39. The van der Waals surface area contributed by atoms with Gasteiger partial charge in [-0.2, -0.15) is 0 Å². The molecule has 0 radical (unpaired) electrons. The fourth-order valence-corrected chi connectivity index (χ4v) is 4.28. The number of benzene rings is 1. The molecule has 138 valence electrons. The van der Waals surface area contributed by atoms with Crippen molar-refractivity contribution in [3.05, 3.63) is 35.9 Å². The number of fused-ring (bicyclic) bond motifs is 1. The number of hydrogen-bond donors (Lipinski definition) is 0. The van der Waals surface area contributed by atoms with Crippen molar-refractivity contribution < 1.29 is 9.53 Å². The van der Waals surface area contributed by atoms with E-state index in [9.17, 15) is 4.79 Å². The number of likely N-dealkylation sites (tertiary alicyclic amines) is 1. The molecule has 0 bridgehead atoms. The molecule has 2 aliphatic heterocycles. The van der Waals surface area contributed by atoms with Crippen molar-refractivity contribution in [3.8, 4) is 0 Å². The van der Waals surface area contributed by atoms with Crippen molar-refractivity contribution in [2.75, 3.05) is 32.8 Å². The van der Waals surface area contributed by atoms with Gasteiger partial charge in [-0.3, -0.25) is 9.69 Å². The van der Waals surface area contributed by atoms with E-state index in [2.05, 4.69) is 54.0 Å². The quantitative estimate of drug-likeness (QED) is 0.822. The second-order valence-corrected chi connectivity index (χ2v) is 7.44. The van der Waals surface area contributed by atoms with Gasteiger partial charge >= 0.3 is 0 Å². The van der Waals surface area contributed by atoms with E-state index in [4.69, 9.17) is 4.74 Å². The average Bonchev–Trinajstić information content (AvgIpc) is 2.85. The summed E-state index contributed by atoms with van der Waals surface area (Å²) in [5, 5.41) is 0. The van der Waals surface area contributed by atoms with Gasteiger partial charge in [0.25, 0.3) is 0 Å². The summed E-state index contributed by atoms with van der Waals surface area (Å²) in [6.45, 7) is 9.51. The minimum Gasteiger partial charge on any atom is -0.380 e. The topological polar surface area (TPSA) is 32.8 Å². The highest BCUT2D eigenvalue weighted by molar-refractivity contribution is 5.78. The number of nitrogens with zero attached hydrogens (tertiary/aromatic N) is 2. The van der Waals surface area contributed by atoms with E-state index in [1.54, 1.807) is 0 Å². The number of hydrogen-bond acceptors (Lipinski definition) is 3. The first-order chi connectivity index (χ1) is 12.2. The summed E-state index contributed by atoms with van der Waals surface area (Å²) in [7, 11) is 0. The summed E-state index contributed by atoms with van der Waals surface area (Å²) in [6.07, 6.45) is 2.94. The van der Waals surface area contributed by atoms with E-state index in [1.165, 1.54) is 5.56 Å². The van der Waals surface area contributed by atoms with Crippen LogP contribution >= 0.6 is 0 Å². The number of ether oxygens (including phenoxy) is 1. The molecule has 2 aliphatic rings. The van der Waals surface area contributed by atoms with Gasteiger partial charge < -0.3 is 9.64 Å². The minimum atomic E-state index is 0.182. The molecule has 4 nitrogen and oxygen atoms in total. The zero-order valence-corrected chi connectivity index (χ0v) is 15.7. The summed E-state index contributed by atoms with van der Waals surface area (Å²) in [5.74, 6) is 1.08. The highest BCUT2D eigenvalue weighted by Crippen LogP contribution is 2.28. The number of rotatable bonds is 5. The van der Waals surface area contributed by atoms with Crippen LogP contribution in [0.15, 0.2) is 30.3 Å². The maximum atomic E-state index is 12.9. The Morgan fingerprint density at radius 2 is 1.96 bits per heavy atom. The van der Waals surface area contributed by atoms with E-state index in [0.717, 1.165) is 58.7 Å². The Bertz CT molecular complexity index is 544. The van der Waals surface area contributed by atoms with Gasteiger partial charge in [0.15, 0.2) is 0 Å². The third-order valence-electron chi connectivity index (χ3n) is 5.92. The van der Waals surface area contributed by atoms with Gasteiger partial charge in [-0.05, 0) is 24.8 Å². The van der Waals surface area contributed by atoms with E-state index in [0.29, 0.717) is 17.9 Å². The molecule has 3 rings (SSSR count). The number of carbonyl (C=O) groups excluding carboxylic acids is 1. The van der Waals surface area contributed by atoms with Crippen LogP contribution in [0.2, 0.25) is 0 Å². The lowest BCUT2D eigenvalue weighted by atomic mass is 9.89. The molecule has 0 aliphatic carbocycles. The van der Waals surface area contributed by atoms with Crippen molar-refractivity contribution in [2.24, 2.45) is 11.8 Å². The van der Waals surface area contributed by atoms with Crippen LogP contribution in [0.3, 0.4) is 0 Å². The van der Waals surface area contributed by atoms with Gasteiger partial charge in [0.1, 0.15) is 0 Å². The summed E-state index contributed by atoms with van der Waals surface area (Å²) in [5.41, 5.74) is 1.34. The average molecular weight is 344 g/mol. The molecule has 0 unspecified atom stereocenters. The van der Waals surface area contributed by atoms with Crippen LogP contribution in [0.1, 0.15) is 38.7 Å². The molecule has 0 aromatic heterocycles. The first kappa shape index (κ1) is 18.4. The molecule has 1 amide bonds. The largest absolute Gasteiger partial charge is 0.380 e. The molecule has 2 fully saturated rings. The Kier molecular flexibility index (Phi) is 6.49. The van der Waals surface area contributed by atoms with E-state index in [1.807, 2.05) is 0 Å². The van der Waals surface area contributed by atoms with E-state index < -0.39 is 0 Å². The fraction of sp³-hybridized carbons (Fsp3) is 0.667. The van der Waals surface area contributed by atoms with Crippen LogP contribution < -0.4 is 0 Å². The van der Waals surface area contributed by atoms with Crippen LogP contribution in [-0.4, -0.2) is 54.6 Å². The van der Waals surface area contributed by atoms with Crippen molar-refractivity contribution in [3.63, 3.8) is 0 Å². The molecular formula is C21H32N2O2. The smallest absolute Gasteiger partial charge is 0.225 e. The lowest BCUT2D eigenvalue weighted by Crippen LogP contribution is -2.55. The molecule has 0 spiro atoms. The van der Waals surface area contributed by atoms with Gasteiger partial charge in [0.2, 0.25) is 5.91 Å². The predicted molar refractivity (Wildman–Crippen MR) is 100 cm³/mol. The highest BCUT2D eigenvalue weighted by Gasteiger charge is 2.37. The monoisotopic (exact) mass is 344 g/mol. The SMILES string of the molecule is CCC(CC)C(=O)N1CC[C@@H]2COCCN(Cc3ccccc3)[C@@H]2C1. The van der Waals surface area contributed by atoms with Crippen molar-refractivity contribution in [1.29, 1.82) is 0 Å². The van der Waals surface area contributed by atoms with Gasteiger partial charge in [-0.1, -0.05) is 44.2 Å². The molecule has 2 heterocycles. The fourth-order valence-electron chi connectivity index (χ4n) is 4.28. The minimum absolute atomic E-state index is 0.182. The molecule has 4 heteroatoms. The molecular weight excluding hydrogens is 312 g/mol. The molecule has 0 saturated carbocycles. The van der Waals surface area contributed by atoms with E-state index in [-0.39, 0.29) is 5.92 Å². The van der Waals surface area contributed by atoms with Gasteiger partial charge in [-0.15, -0.1) is 0 Å². The Morgan fingerprint density at radius 1 is 1.20 bits per heavy atom. The highest BCUT2D eigenvalue weighted by atomic mass is 16.5. The third-order valence-corrected chi connectivity index (χ3v) is 5.92. The molecule has 0 N–H and O–H groups in total. The predicted octanol–water partition coefficient (Wildman–Crippen LogP) is 3.17. The maximum absolute atomic E-state index is 12.9. The maximum Gasteiger partial charge on any atom is 0.225 e. The normalized spacial score (nSPS) is 24.8. The summed E-state index contributed by atoms with van der Waals surface area (Å²) in [6, 6.07) is 11.1. The van der Waals surface area contributed by atoms with Gasteiger partial charge in [0.05, 0.1) is 13.2 Å². The zero-order valence-electron chi connectivity index (χ0n) is 15.7. The van der Waals surface area contributed by atoms with Crippen LogP contribution in [-0.2, 0) is 16.1 Å². The summed E-state index contributed by atoms with van der Waals surface area (Å²) in [4.78, 5) is 17.5. The summed E-state index contributed by atoms with van der Waals surface area (Å²) < 4.78 is 5.87. The van der Waals surface area contributed by atoms with Crippen molar-refractivity contribution in [1.82, 2.24) is 9.80 Å². The molecule has 2 atom stereocenters. The van der Waals surface area contributed by atoms with Crippen LogP contribution in [0, 0.1) is 11.8 Å². The van der Waals surface area contributed by atoms with Gasteiger partial charge in [0, 0.05) is 44.1 Å². The zero-order chi connectivity index (χ0) is 17.6. The number of piperidine rings is 1. The number of amides is 1. The molecule has 2 saturated heterocycles. The molecule has 1 aromatic rings. The second-order valence-electron chi connectivity index (χ2n) is 7.44. The Morgan fingerprint density at radius 3 is 2.68 bits per heavy atom. The summed E-state index contributed by atoms with van der Waals surface area (Å²) >= 11 is 0. The Balaban J connectivity index is 1.72. The van der Waals surface area contributed by atoms with Crippen LogP contribution in [0.25, 0.3) is 0 Å². The molecule has 1 aromatic carbocycles. The lowest BCUT2D eigenvalue weighted by molar-refractivity contribution is -0.139. The Labute approximate surface area is 152 Å². The van der Waals surface area contributed by atoms with Crippen molar-refractivity contribution in [2.45, 2.75) is 45.7 Å². The van der Waals surface area contributed by atoms with E-state index >= 15 is 0 Å². The molecule has 25 heavy (non-hydrogen) atoms. The first-order valence-electron chi connectivity index (χ1n) is 9.87. The third kappa shape index (κ3) is 4.42. The van der Waals surface area contributed by atoms with Crippen molar-refractivity contribution >= 4 is 5.91 Å².